The first kappa shape index (κ1) is 27.8. The lowest BCUT2D eigenvalue weighted by molar-refractivity contribution is 0.488. The van der Waals surface area contributed by atoms with Crippen LogP contribution in [-0.2, 0) is 12.8 Å². The molecule has 1 saturated carbocycles. The standard InChI is InChI=1S/C35H38Cl2N2/c1-25(39(2)3)8-7-23-38-35(21-22-35)20-19-26-13-15-28(16-14-26)34-30-11-5-4-9-27(30)10-6-12-32(34)31-18-17-29(36)24-33(31)37/h4-5,7-9,11,13-18,24,38H,1,6,10,12,19-23H2,2-3H3/b8-7+. The molecule has 3 aromatic carbocycles. The summed E-state index contributed by atoms with van der Waals surface area (Å²) in [6.07, 6.45) is 12.2. The molecule has 2 aliphatic carbocycles. The van der Waals surface area contributed by atoms with Gasteiger partial charge in [0.2, 0.25) is 0 Å². The number of allylic oxidation sites excluding steroid dienone is 2. The highest BCUT2D eigenvalue weighted by molar-refractivity contribution is 6.36. The summed E-state index contributed by atoms with van der Waals surface area (Å²) < 4.78 is 0. The minimum absolute atomic E-state index is 0.281. The smallest absolute Gasteiger partial charge is 0.0496 e. The number of benzene rings is 3. The summed E-state index contributed by atoms with van der Waals surface area (Å²) in [6, 6.07) is 23.9. The van der Waals surface area contributed by atoms with E-state index in [1.165, 1.54) is 46.2 Å². The highest BCUT2D eigenvalue weighted by atomic mass is 35.5. The Kier molecular flexibility index (Phi) is 8.67. The van der Waals surface area contributed by atoms with Crippen molar-refractivity contribution in [2.75, 3.05) is 20.6 Å². The Morgan fingerprint density at radius 1 is 0.974 bits per heavy atom. The number of aryl methyl sites for hydroxylation is 2. The molecule has 202 valence electrons. The van der Waals surface area contributed by atoms with Gasteiger partial charge in [0.1, 0.15) is 0 Å². The second kappa shape index (κ2) is 12.2. The SMILES string of the molecule is C=C(/C=C/CNC1(CCc2ccc(C3=C(c4ccc(Cl)cc4Cl)CCCc4ccccc43)cc2)CC1)N(C)C. The summed E-state index contributed by atoms with van der Waals surface area (Å²) in [4.78, 5) is 2.03. The number of rotatable bonds is 10. The Labute approximate surface area is 244 Å². The van der Waals surface area contributed by atoms with Gasteiger partial charge in [0.25, 0.3) is 0 Å². The molecule has 0 bridgehead atoms. The van der Waals surface area contributed by atoms with Crippen LogP contribution in [0.25, 0.3) is 11.1 Å². The second-order valence-corrected chi connectivity index (χ2v) is 12.0. The molecule has 0 spiro atoms. The van der Waals surface area contributed by atoms with Gasteiger partial charge in [-0.3, -0.25) is 0 Å². The first-order valence-electron chi connectivity index (χ1n) is 14.0. The zero-order valence-corrected chi connectivity index (χ0v) is 24.6. The van der Waals surface area contributed by atoms with Crippen molar-refractivity contribution in [3.8, 4) is 0 Å². The molecular formula is C35H38Cl2N2. The van der Waals surface area contributed by atoms with Crippen LogP contribution in [0, 0.1) is 0 Å². The molecule has 3 aromatic rings. The van der Waals surface area contributed by atoms with E-state index in [1.807, 2.05) is 31.1 Å². The number of fused-ring (bicyclic) bond motifs is 1. The van der Waals surface area contributed by atoms with E-state index in [4.69, 9.17) is 23.2 Å². The minimum Gasteiger partial charge on any atom is -0.378 e. The summed E-state index contributed by atoms with van der Waals surface area (Å²) in [5.41, 5.74) is 10.3. The van der Waals surface area contributed by atoms with Gasteiger partial charge in [-0.25, -0.2) is 0 Å². The van der Waals surface area contributed by atoms with Crippen LogP contribution in [-0.4, -0.2) is 31.1 Å². The van der Waals surface area contributed by atoms with E-state index < -0.39 is 0 Å². The average Bonchev–Trinajstić information content (AvgIpc) is 3.73. The average molecular weight is 558 g/mol. The van der Waals surface area contributed by atoms with Crippen molar-refractivity contribution in [1.29, 1.82) is 0 Å². The van der Waals surface area contributed by atoms with E-state index in [9.17, 15) is 0 Å². The number of nitrogens with one attached hydrogen (secondary N) is 1. The molecule has 0 saturated heterocycles. The topological polar surface area (TPSA) is 15.3 Å². The number of hydrogen-bond acceptors (Lipinski definition) is 2. The van der Waals surface area contributed by atoms with Crippen molar-refractivity contribution in [3.63, 3.8) is 0 Å². The Hall–Kier alpha value is -2.78. The predicted molar refractivity (Wildman–Crippen MR) is 168 cm³/mol. The molecule has 4 heteroatoms. The van der Waals surface area contributed by atoms with Gasteiger partial charge in [0.05, 0.1) is 0 Å². The van der Waals surface area contributed by atoms with Gasteiger partial charge in [0, 0.05) is 41.9 Å². The lowest BCUT2D eigenvalue weighted by Gasteiger charge is -2.19. The summed E-state index contributed by atoms with van der Waals surface area (Å²) in [7, 11) is 4.04. The third-order valence-corrected chi connectivity index (χ3v) is 8.73. The molecule has 2 aliphatic rings. The van der Waals surface area contributed by atoms with E-state index in [2.05, 4.69) is 78.6 Å². The second-order valence-electron chi connectivity index (χ2n) is 11.1. The molecule has 0 atom stereocenters. The zero-order valence-electron chi connectivity index (χ0n) is 23.1. The monoisotopic (exact) mass is 556 g/mol. The first-order valence-corrected chi connectivity index (χ1v) is 14.7. The molecular weight excluding hydrogens is 519 g/mol. The van der Waals surface area contributed by atoms with Gasteiger partial charge in [-0.2, -0.15) is 0 Å². The molecule has 0 radical (unpaired) electrons. The molecule has 1 N–H and O–H groups in total. The van der Waals surface area contributed by atoms with Gasteiger partial charge in [-0.1, -0.05) is 90.5 Å². The van der Waals surface area contributed by atoms with Crippen LogP contribution in [0.5, 0.6) is 0 Å². The largest absolute Gasteiger partial charge is 0.378 e. The van der Waals surface area contributed by atoms with Crippen LogP contribution >= 0.6 is 23.2 Å². The quantitative estimate of drug-likeness (QED) is 0.250. The Bertz CT molecular complexity index is 1390. The molecule has 39 heavy (non-hydrogen) atoms. The Morgan fingerprint density at radius 3 is 2.46 bits per heavy atom. The highest BCUT2D eigenvalue weighted by Gasteiger charge is 2.40. The van der Waals surface area contributed by atoms with Gasteiger partial charge >= 0.3 is 0 Å². The normalized spacial score (nSPS) is 16.2. The van der Waals surface area contributed by atoms with E-state index in [0.717, 1.165) is 49.9 Å². The summed E-state index contributed by atoms with van der Waals surface area (Å²) in [6.45, 7) is 4.95. The van der Waals surface area contributed by atoms with E-state index in [1.54, 1.807) is 0 Å². The number of hydrogen-bond donors (Lipinski definition) is 1. The zero-order chi connectivity index (χ0) is 27.4. The van der Waals surface area contributed by atoms with Crippen LogP contribution in [0.2, 0.25) is 10.0 Å². The maximum atomic E-state index is 6.75. The molecule has 0 aromatic heterocycles. The summed E-state index contributed by atoms with van der Waals surface area (Å²) >= 11 is 13.0. The first-order chi connectivity index (χ1) is 18.8. The van der Waals surface area contributed by atoms with Gasteiger partial charge in [0.15, 0.2) is 0 Å². The van der Waals surface area contributed by atoms with Gasteiger partial charge < -0.3 is 10.2 Å². The molecule has 5 rings (SSSR count). The van der Waals surface area contributed by atoms with Crippen LogP contribution in [0.15, 0.2) is 91.2 Å². The highest BCUT2D eigenvalue weighted by Crippen LogP contribution is 2.43. The van der Waals surface area contributed by atoms with Crippen molar-refractivity contribution < 1.29 is 0 Å². The maximum Gasteiger partial charge on any atom is 0.0496 e. The minimum atomic E-state index is 0.281. The fourth-order valence-electron chi connectivity index (χ4n) is 5.57. The number of likely N-dealkylation sites (N-methyl/N-ethyl adjacent to an activating group) is 1. The lowest BCUT2D eigenvalue weighted by atomic mass is 9.87. The van der Waals surface area contributed by atoms with Crippen molar-refractivity contribution in [1.82, 2.24) is 10.2 Å². The van der Waals surface area contributed by atoms with E-state index >= 15 is 0 Å². The fraction of sp³-hybridized carbons (Fsp3) is 0.314. The van der Waals surface area contributed by atoms with E-state index in [0.29, 0.717) is 10.0 Å². The Morgan fingerprint density at radius 2 is 1.74 bits per heavy atom. The molecule has 0 unspecified atom stereocenters. The molecule has 0 aliphatic heterocycles. The maximum absolute atomic E-state index is 6.75. The van der Waals surface area contributed by atoms with Crippen molar-refractivity contribution in [2.45, 2.75) is 50.5 Å². The van der Waals surface area contributed by atoms with Gasteiger partial charge in [-0.05, 0) is 102 Å². The lowest BCUT2D eigenvalue weighted by Crippen LogP contribution is -2.31. The Balaban J connectivity index is 1.36. The van der Waals surface area contributed by atoms with Gasteiger partial charge in [-0.15, -0.1) is 0 Å². The van der Waals surface area contributed by atoms with Crippen molar-refractivity contribution in [2.24, 2.45) is 0 Å². The molecule has 0 amide bonds. The number of halogens is 2. The number of nitrogens with zero attached hydrogens (tertiary/aromatic N) is 1. The molecule has 2 nitrogen and oxygen atoms in total. The molecule has 1 fully saturated rings. The summed E-state index contributed by atoms with van der Waals surface area (Å²) in [5, 5.41) is 5.16. The van der Waals surface area contributed by atoms with Crippen molar-refractivity contribution in [3.05, 3.63) is 129 Å². The predicted octanol–water partition coefficient (Wildman–Crippen LogP) is 8.98. The van der Waals surface area contributed by atoms with E-state index in [-0.39, 0.29) is 5.54 Å². The van der Waals surface area contributed by atoms with Crippen LogP contribution in [0.4, 0.5) is 0 Å². The molecule has 0 heterocycles. The summed E-state index contributed by atoms with van der Waals surface area (Å²) in [5.74, 6) is 0. The van der Waals surface area contributed by atoms with Crippen LogP contribution in [0.1, 0.15) is 59.9 Å². The fourth-order valence-corrected chi connectivity index (χ4v) is 6.09. The van der Waals surface area contributed by atoms with Crippen molar-refractivity contribution >= 4 is 34.3 Å². The van der Waals surface area contributed by atoms with Crippen LogP contribution in [0.3, 0.4) is 0 Å². The van der Waals surface area contributed by atoms with Crippen LogP contribution < -0.4 is 5.32 Å². The third-order valence-electron chi connectivity index (χ3n) is 8.19. The third kappa shape index (κ3) is 6.69.